The summed E-state index contributed by atoms with van der Waals surface area (Å²) in [5.74, 6) is -8.05. The molecule has 1 N–H and O–H groups in total. The van der Waals surface area contributed by atoms with Crippen LogP contribution < -0.4 is 10.1 Å². The van der Waals surface area contributed by atoms with Gasteiger partial charge in [0.15, 0.2) is 0 Å². The Labute approximate surface area is 210 Å². The summed E-state index contributed by atoms with van der Waals surface area (Å²) in [6, 6.07) is 23.9. The Hall–Kier alpha value is -4.17. The van der Waals surface area contributed by atoms with Gasteiger partial charge < -0.3 is 9.47 Å². The van der Waals surface area contributed by atoms with E-state index in [1.54, 1.807) is 48.5 Å². The number of rotatable bonds is 5. The van der Waals surface area contributed by atoms with Gasteiger partial charge in [0.05, 0.1) is 13.2 Å². The maximum absolute atomic E-state index is 17.2. The maximum Gasteiger partial charge on any atom is 0.357 e. The number of esters is 2. The first-order valence-corrected chi connectivity index (χ1v) is 11.5. The van der Waals surface area contributed by atoms with E-state index in [0.717, 1.165) is 7.11 Å². The van der Waals surface area contributed by atoms with Gasteiger partial charge in [-0.15, -0.1) is 0 Å². The van der Waals surface area contributed by atoms with Gasteiger partial charge in [0, 0.05) is 0 Å². The summed E-state index contributed by atoms with van der Waals surface area (Å²) in [6.45, 7) is 0. The number of nitrogens with one attached hydrogen (secondary N) is 1. The molecule has 188 valence electrons. The van der Waals surface area contributed by atoms with Crippen LogP contribution in [0.4, 0.5) is 13.2 Å². The van der Waals surface area contributed by atoms with Crippen molar-refractivity contribution in [1.82, 2.24) is 5.32 Å². The lowest BCUT2D eigenvalue weighted by molar-refractivity contribution is -0.197. The zero-order valence-electron chi connectivity index (χ0n) is 19.7. The number of carbonyl (C=O) groups is 2. The lowest BCUT2D eigenvalue weighted by Gasteiger charge is -2.35. The van der Waals surface area contributed by atoms with Gasteiger partial charge >= 0.3 is 17.9 Å². The lowest BCUT2D eigenvalue weighted by Crippen LogP contribution is -2.62. The van der Waals surface area contributed by atoms with E-state index in [2.05, 4.69) is 5.32 Å². The predicted octanol–water partition coefficient (Wildman–Crippen LogP) is 5.50. The minimum Gasteiger partial charge on any atom is -0.467 e. The number of para-hydroxylation sites is 1. The van der Waals surface area contributed by atoms with E-state index in [-0.39, 0.29) is 16.9 Å². The standard InChI is InChI=1S/C29H22F3NO4/c1-36-26(35)28(20-13-4-2-5-14-20)29(31,32)27(30,25(34)37-21-15-6-3-7-16-21)24(33-28)23-18-10-12-19-11-8-9-17-22(19)23/h2-18,24,33H,1H3/t24-,27+,28+/m1/s1. The fraction of sp³-hybridized carbons (Fsp3) is 0.172. The summed E-state index contributed by atoms with van der Waals surface area (Å²) in [6.07, 6.45) is 0. The van der Waals surface area contributed by atoms with E-state index in [0.29, 0.717) is 10.8 Å². The first-order chi connectivity index (χ1) is 17.8. The third-order valence-corrected chi connectivity index (χ3v) is 6.77. The van der Waals surface area contributed by atoms with Gasteiger partial charge in [0.2, 0.25) is 5.54 Å². The zero-order chi connectivity index (χ0) is 26.3. The van der Waals surface area contributed by atoms with E-state index in [1.807, 2.05) is 0 Å². The number of hydrogen-bond donors (Lipinski definition) is 1. The molecule has 1 heterocycles. The summed E-state index contributed by atoms with van der Waals surface area (Å²) in [7, 11) is 0.929. The average Bonchev–Trinajstić information content (AvgIpc) is 3.12. The van der Waals surface area contributed by atoms with Gasteiger partial charge in [-0.05, 0) is 34.0 Å². The van der Waals surface area contributed by atoms with Gasteiger partial charge in [-0.2, -0.15) is 8.78 Å². The van der Waals surface area contributed by atoms with Gasteiger partial charge in [0.1, 0.15) is 5.75 Å². The highest BCUT2D eigenvalue weighted by atomic mass is 19.3. The molecule has 37 heavy (non-hydrogen) atoms. The third-order valence-electron chi connectivity index (χ3n) is 6.77. The van der Waals surface area contributed by atoms with Gasteiger partial charge in [-0.25, -0.2) is 14.0 Å². The van der Waals surface area contributed by atoms with Crippen molar-refractivity contribution in [2.75, 3.05) is 7.11 Å². The fourth-order valence-corrected chi connectivity index (χ4v) is 4.98. The first kappa shape index (κ1) is 24.5. The molecule has 4 aromatic rings. The van der Waals surface area contributed by atoms with E-state index in [4.69, 9.17) is 9.47 Å². The van der Waals surface area contributed by atoms with Crippen molar-refractivity contribution in [2.24, 2.45) is 0 Å². The fourth-order valence-electron chi connectivity index (χ4n) is 4.98. The summed E-state index contributed by atoms with van der Waals surface area (Å²) in [4.78, 5) is 26.6. The van der Waals surface area contributed by atoms with Crippen molar-refractivity contribution in [2.45, 2.75) is 23.2 Å². The molecule has 0 spiro atoms. The Morgan fingerprint density at radius 1 is 0.757 bits per heavy atom. The van der Waals surface area contributed by atoms with Crippen molar-refractivity contribution >= 4 is 22.7 Å². The van der Waals surface area contributed by atoms with Crippen LogP contribution in [0.25, 0.3) is 10.8 Å². The number of alkyl halides is 3. The second-order valence-corrected chi connectivity index (χ2v) is 8.74. The Kier molecular flexibility index (Phi) is 6.00. The molecule has 1 fully saturated rings. The Bertz CT molecular complexity index is 1460. The number of carbonyl (C=O) groups excluding carboxylic acids is 2. The highest BCUT2D eigenvalue weighted by Gasteiger charge is 2.84. The summed E-state index contributed by atoms with van der Waals surface area (Å²) >= 11 is 0. The molecule has 1 aliphatic rings. The molecule has 0 radical (unpaired) electrons. The zero-order valence-corrected chi connectivity index (χ0v) is 19.7. The molecule has 8 heteroatoms. The van der Waals surface area contributed by atoms with Crippen molar-refractivity contribution in [3.8, 4) is 5.75 Å². The molecule has 0 aliphatic carbocycles. The van der Waals surface area contributed by atoms with Crippen LogP contribution in [0.15, 0.2) is 103 Å². The lowest BCUT2D eigenvalue weighted by atomic mass is 9.78. The predicted molar refractivity (Wildman–Crippen MR) is 131 cm³/mol. The van der Waals surface area contributed by atoms with Crippen LogP contribution in [0.1, 0.15) is 17.2 Å². The maximum atomic E-state index is 17.2. The minimum atomic E-state index is -4.65. The second-order valence-electron chi connectivity index (χ2n) is 8.74. The third kappa shape index (κ3) is 3.51. The highest BCUT2D eigenvalue weighted by Crippen LogP contribution is 2.59. The van der Waals surface area contributed by atoms with E-state index in [1.165, 1.54) is 54.6 Å². The van der Waals surface area contributed by atoms with E-state index < -0.39 is 35.1 Å². The molecule has 0 saturated carbocycles. The van der Waals surface area contributed by atoms with Crippen LogP contribution >= 0.6 is 0 Å². The van der Waals surface area contributed by atoms with Gasteiger partial charge in [-0.1, -0.05) is 91.0 Å². The van der Waals surface area contributed by atoms with E-state index in [9.17, 15) is 9.59 Å². The quantitative estimate of drug-likeness (QED) is 0.287. The number of fused-ring (bicyclic) bond motifs is 1. The Balaban J connectivity index is 1.78. The molecule has 5 nitrogen and oxygen atoms in total. The monoisotopic (exact) mass is 505 g/mol. The normalized spacial score (nSPS) is 24.5. The van der Waals surface area contributed by atoms with Crippen LogP contribution in [0.5, 0.6) is 5.75 Å². The molecular weight excluding hydrogens is 483 g/mol. The van der Waals surface area contributed by atoms with Gasteiger partial charge in [0.25, 0.3) is 5.67 Å². The Morgan fingerprint density at radius 2 is 1.35 bits per heavy atom. The van der Waals surface area contributed by atoms with Crippen molar-refractivity contribution in [1.29, 1.82) is 0 Å². The van der Waals surface area contributed by atoms with Crippen LogP contribution in [0.3, 0.4) is 0 Å². The molecular formula is C29H22F3NO4. The smallest absolute Gasteiger partial charge is 0.357 e. The van der Waals surface area contributed by atoms with Crippen LogP contribution in [-0.2, 0) is 19.9 Å². The summed E-state index contributed by atoms with van der Waals surface area (Å²) < 4.78 is 60.5. The molecule has 0 aromatic heterocycles. The number of benzene rings is 4. The molecule has 0 unspecified atom stereocenters. The molecule has 0 bridgehead atoms. The number of methoxy groups -OCH3 is 1. The highest BCUT2D eigenvalue weighted by molar-refractivity contribution is 5.94. The molecule has 1 aliphatic heterocycles. The molecule has 4 aromatic carbocycles. The summed E-state index contributed by atoms with van der Waals surface area (Å²) in [5.41, 5.74) is -7.25. The number of hydrogen-bond acceptors (Lipinski definition) is 5. The van der Waals surface area contributed by atoms with Crippen molar-refractivity contribution in [3.05, 3.63) is 114 Å². The molecule has 1 saturated heterocycles. The van der Waals surface area contributed by atoms with Crippen molar-refractivity contribution in [3.63, 3.8) is 0 Å². The van der Waals surface area contributed by atoms with Gasteiger partial charge in [-0.3, -0.25) is 5.32 Å². The van der Waals surface area contributed by atoms with E-state index >= 15 is 13.2 Å². The van der Waals surface area contributed by atoms with Crippen LogP contribution in [0.2, 0.25) is 0 Å². The largest absolute Gasteiger partial charge is 0.467 e. The molecule has 3 atom stereocenters. The second kappa shape index (κ2) is 9.05. The average molecular weight is 505 g/mol. The number of halogens is 3. The topological polar surface area (TPSA) is 64.6 Å². The molecule has 5 rings (SSSR count). The Morgan fingerprint density at radius 3 is 2.03 bits per heavy atom. The molecule has 0 amide bonds. The number of ether oxygens (including phenoxy) is 2. The minimum absolute atomic E-state index is 0.0620. The van der Waals surface area contributed by atoms with Crippen LogP contribution in [0, 0.1) is 0 Å². The first-order valence-electron chi connectivity index (χ1n) is 11.5. The SMILES string of the molecule is COC(=O)[C@]1(c2ccccc2)N[C@H](c2cccc3ccccc23)[C@](F)(C(=O)Oc2ccccc2)C1(F)F. The van der Waals surface area contributed by atoms with Crippen molar-refractivity contribution < 1.29 is 32.2 Å². The summed E-state index contributed by atoms with van der Waals surface area (Å²) in [5, 5.41) is 3.60. The van der Waals surface area contributed by atoms with Crippen LogP contribution in [-0.4, -0.2) is 30.6 Å².